The van der Waals surface area contributed by atoms with Crippen LogP contribution in [0.15, 0.2) is 85.1 Å². The molecule has 9 N–H and O–H groups in total. The van der Waals surface area contributed by atoms with E-state index in [0.29, 0.717) is 12.8 Å². The van der Waals surface area contributed by atoms with E-state index in [0.717, 1.165) is 70.6 Å². The summed E-state index contributed by atoms with van der Waals surface area (Å²) in [6.07, 6.45) is 57.7. The number of hydrogen-bond donors (Lipinski definition) is 9. The van der Waals surface area contributed by atoms with E-state index in [9.17, 15) is 45.6 Å². The minimum Gasteiger partial charge on any atom is -0.394 e. The maximum absolute atomic E-state index is 13.3. The molecule has 0 aromatic carbocycles. The van der Waals surface area contributed by atoms with E-state index in [1.165, 1.54) is 154 Å². The molecule has 2 heterocycles. The van der Waals surface area contributed by atoms with Gasteiger partial charge in [-0.1, -0.05) is 259 Å². The Labute approximate surface area is 510 Å². The summed E-state index contributed by atoms with van der Waals surface area (Å²) in [4.78, 5) is 13.3. The number of ether oxygens (including phenoxy) is 4. The van der Waals surface area contributed by atoms with E-state index in [1.807, 2.05) is 6.08 Å². The second-order valence-corrected chi connectivity index (χ2v) is 23.6. The first kappa shape index (κ1) is 77.3. The number of amides is 1. The van der Waals surface area contributed by atoms with Crippen molar-refractivity contribution in [1.29, 1.82) is 0 Å². The van der Waals surface area contributed by atoms with Gasteiger partial charge in [0.05, 0.1) is 32.0 Å². The first-order chi connectivity index (χ1) is 41.1. The molecule has 14 heteroatoms. The summed E-state index contributed by atoms with van der Waals surface area (Å²) in [6, 6.07) is -0.941. The number of hydrogen-bond acceptors (Lipinski definition) is 13. The zero-order valence-electron chi connectivity index (χ0n) is 52.6. The first-order valence-corrected chi connectivity index (χ1v) is 33.8. The van der Waals surface area contributed by atoms with Gasteiger partial charge in [-0.25, -0.2) is 0 Å². The van der Waals surface area contributed by atoms with Gasteiger partial charge in [-0.2, -0.15) is 0 Å². The minimum atomic E-state index is -1.80. The molecule has 0 radical (unpaired) electrons. The third-order valence-electron chi connectivity index (χ3n) is 16.1. The second-order valence-electron chi connectivity index (χ2n) is 23.6. The largest absolute Gasteiger partial charge is 0.394 e. The first-order valence-electron chi connectivity index (χ1n) is 33.8. The third-order valence-corrected chi connectivity index (χ3v) is 16.1. The van der Waals surface area contributed by atoms with Crippen molar-refractivity contribution in [3.05, 3.63) is 85.1 Å². The smallest absolute Gasteiger partial charge is 0.220 e. The van der Waals surface area contributed by atoms with E-state index in [1.54, 1.807) is 6.08 Å². The van der Waals surface area contributed by atoms with Crippen LogP contribution >= 0.6 is 0 Å². The molecule has 2 aliphatic rings. The molecule has 0 spiro atoms. The Kier molecular flexibility index (Phi) is 50.0. The molecule has 0 aromatic rings. The predicted octanol–water partition coefficient (Wildman–Crippen LogP) is 13.2. The van der Waals surface area contributed by atoms with Crippen LogP contribution in [0.2, 0.25) is 0 Å². The van der Waals surface area contributed by atoms with Crippen LogP contribution in [0.25, 0.3) is 0 Å². The molecule has 0 aromatic heterocycles. The Morgan fingerprint density at radius 2 is 0.833 bits per heavy atom. The SMILES string of the molecule is CC/C=C\C/C=C\C/C=C\C/C=C\C/C=C\CCCCCCCCCCCC(=O)NC(COC1OC(CO)C(OC2OC(CO)C(O)C(O)C2O)C(O)C1O)C(O)/C=C/CC/C=C/CCCCCCCCCCCCCCCCCCCCC. The average molecular weight is 1190 g/mol. The lowest BCUT2D eigenvalue weighted by Crippen LogP contribution is -2.65. The number of unbranched alkanes of at least 4 members (excludes halogenated alkanes) is 29. The molecule has 0 aliphatic carbocycles. The Bertz CT molecular complexity index is 1730. The number of rotatable bonds is 54. The highest BCUT2D eigenvalue weighted by molar-refractivity contribution is 5.76. The lowest BCUT2D eigenvalue weighted by atomic mass is 9.97. The zero-order chi connectivity index (χ0) is 60.9. The summed E-state index contributed by atoms with van der Waals surface area (Å²) in [5.41, 5.74) is 0. The fourth-order valence-electron chi connectivity index (χ4n) is 10.7. The minimum absolute atomic E-state index is 0.257. The highest BCUT2D eigenvalue weighted by atomic mass is 16.7. The summed E-state index contributed by atoms with van der Waals surface area (Å²) in [7, 11) is 0. The maximum Gasteiger partial charge on any atom is 0.220 e. The normalized spacial score (nSPS) is 24.2. The van der Waals surface area contributed by atoms with Gasteiger partial charge in [-0.05, 0) is 77.0 Å². The fourth-order valence-corrected chi connectivity index (χ4v) is 10.7. The molecule has 1 amide bonds. The van der Waals surface area contributed by atoms with Gasteiger partial charge in [0.15, 0.2) is 12.6 Å². The van der Waals surface area contributed by atoms with Crippen molar-refractivity contribution in [2.75, 3.05) is 19.8 Å². The molecule has 2 fully saturated rings. The van der Waals surface area contributed by atoms with Crippen molar-refractivity contribution in [2.45, 2.75) is 331 Å². The molecule has 12 atom stereocenters. The van der Waals surface area contributed by atoms with Crippen LogP contribution < -0.4 is 5.32 Å². The highest BCUT2D eigenvalue weighted by Gasteiger charge is 2.51. The zero-order valence-corrected chi connectivity index (χ0v) is 52.6. The van der Waals surface area contributed by atoms with Gasteiger partial charge >= 0.3 is 0 Å². The number of allylic oxidation sites excluding steroid dienone is 13. The molecule has 0 bridgehead atoms. The maximum atomic E-state index is 13.3. The lowest BCUT2D eigenvalue weighted by molar-refractivity contribution is -0.359. The van der Waals surface area contributed by atoms with Crippen LogP contribution in [-0.4, -0.2) is 140 Å². The van der Waals surface area contributed by atoms with Gasteiger partial charge in [0, 0.05) is 6.42 Å². The van der Waals surface area contributed by atoms with Gasteiger partial charge in [0.2, 0.25) is 5.91 Å². The van der Waals surface area contributed by atoms with E-state index < -0.39 is 86.8 Å². The van der Waals surface area contributed by atoms with Crippen LogP contribution in [0, 0.1) is 0 Å². The monoisotopic (exact) mass is 1190 g/mol. The molecule has 486 valence electrons. The molecule has 2 aliphatic heterocycles. The van der Waals surface area contributed by atoms with Gasteiger partial charge in [-0.15, -0.1) is 0 Å². The van der Waals surface area contributed by atoms with E-state index >= 15 is 0 Å². The Morgan fingerprint density at radius 1 is 0.440 bits per heavy atom. The molecule has 14 nitrogen and oxygen atoms in total. The number of aliphatic hydroxyl groups is 8. The number of carbonyl (C=O) groups excluding carboxylic acids is 1. The average Bonchev–Trinajstić information content (AvgIpc) is 3.18. The number of aliphatic hydroxyl groups excluding tert-OH is 8. The number of carbonyl (C=O) groups is 1. The van der Waals surface area contributed by atoms with E-state index in [-0.39, 0.29) is 18.9 Å². The van der Waals surface area contributed by atoms with Gasteiger partial charge in [0.25, 0.3) is 0 Å². The molecule has 2 saturated heterocycles. The molecule has 0 saturated carbocycles. The van der Waals surface area contributed by atoms with Crippen molar-refractivity contribution in [3.8, 4) is 0 Å². The summed E-state index contributed by atoms with van der Waals surface area (Å²) < 4.78 is 22.8. The Morgan fingerprint density at radius 3 is 1.31 bits per heavy atom. The van der Waals surface area contributed by atoms with Crippen molar-refractivity contribution in [1.82, 2.24) is 5.32 Å². The topological polar surface area (TPSA) is 228 Å². The highest BCUT2D eigenvalue weighted by Crippen LogP contribution is 2.30. The Hall–Kier alpha value is -2.83. The number of nitrogens with one attached hydrogen (secondary N) is 1. The molecule has 84 heavy (non-hydrogen) atoms. The molecular weight excluding hydrogens is 1060 g/mol. The van der Waals surface area contributed by atoms with Crippen molar-refractivity contribution in [2.24, 2.45) is 0 Å². The summed E-state index contributed by atoms with van der Waals surface area (Å²) in [5.74, 6) is -0.257. The summed E-state index contributed by atoms with van der Waals surface area (Å²) in [6.45, 7) is 2.68. The lowest BCUT2D eigenvalue weighted by Gasteiger charge is -2.46. The van der Waals surface area contributed by atoms with Crippen LogP contribution in [0.3, 0.4) is 0 Å². The van der Waals surface area contributed by atoms with Gasteiger partial charge in [-0.3, -0.25) is 4.79 Å². The van der Waals surface area contributed by atoms with Crippen molar-refractivity contribution >= 4 is 5.91 Å². The van der Waals surface area contributed by atoms with Crippen LogP contribution in [-0.2, 0) is 23.7 Å². The molecule has 2 rings (SSSR count). The summed E-state index contributed by atoms with van der Waals surface area (Å²) >= 11 is 0. The van der Waals surface area contributed by atoms with Gasteiger partial charge in [0.1, 0.15) is 48.8 Å². The summed E-state index contributed by atoms with van der Waals surface area (Å²) in [5, 5.41) is 87.4. The van der Waals surface area contributed by atoms with Crippen molar-refractivity contribution < 1.29 is 64.6 Å². The van der Waals surface area contributed by atoms with Crippen LogP contribution in [0.1, 0.15) is 258 Å². The second kappa shape index (κ2) is 54.3. The van der Waals surface area contributed by atoms with E-state index in [2.05, 4.69) is 92.1 Å². The van der Waals surface area contributed by atoms with Gasteiger partial charge < -0.3 is 65.1 Å². The third kappa shape index (κ3) is 38.4. The van der Waals surface area contributed by atoms with E-state index in [4.69, 9.17) is 18.9 Å². The quantitative estimate of drug-likeness (QED) is 0.0204. The van der Waals surface area contributed by atoms with Crippen LogP contribution in [0.5, 0.6) is 0 Å². The van der Waals surface area contributed by atoms with Crippen molar-refractivity contribution in [3.63, 3.8) is 0 Å². The standard InChI is InChI=1S/C70H123NO13/c1-3-5-7-9-11-13-15-17-19-21-23-25-27-29-31-33-35-37-39-41-43-45-47-49-51-53-59(74)58(57-81-69-67(80)65(78)68(61(56-73)83-69)84-70-66(79)64(77)63(76)60(55-72)82-70)71-62(75)54-52-50-48-46-44-42-40-38-36-34-32-30-28-26-24-22-20-18-16-14-12-10-8-6-4-2/h6,8,12,14,18,20,24,26,30,32,43,45,51,53,58-61,63-70,72-74,76-80H,3-5,7,9-11,13,15-17,19,21-23,25,27-29,31,33-42,44,46-50,52,54-57H2,1-2H3,(H,71,75)/b8-6-,14-12-,20-18-,26-24-,32-30-,45-43+,53-51+. The predicted molar refractivity (Wildman–Crippen MR) is 341 cm³/mol. The van der Waals surface area contributed by atoms with Crippen LogP contribution in [0.4, 0.5) is 0 Å². The fraction of sp³-hybridized carbons (Fsp3) is 0.786. The Balaban J connectivity index is 1.73. The molecular formula is C70H123NO13. The molecule has 12 unspecified atom stereocenters.